The summed E-state index contributed by atoms with van der Waals surface area (Å²) in [7, 11) is 2.12. The number of carboxylic acid groups (broad SMARTS) is 1. The van der Waals surface area contributed by atoms with E-state index >= 15 is 0 Å². The largest absolute Gasteiger partial charge is 0.478 e. The average Bonchev–Trinajstić information content (AvgIpc) is 3.17. The summed E-state index contributed by atoms with van der Waals surface area (Å²) in [4.78, 5) is 29.3. The number of aromatic carboxylic acids is 1. The molecule has 2 aromatic rings. The molecule has 1 fully saturated rings. The predicted molar refractivity (Wildman–Crippen MR) is 122 cm³/mol. The van der Waals surface area contributed by atoms with E-state index in [0.717, 1.165) is 39.1 Å². The fourth-order valence-electron chi connectivity index (χ4n) is 4.67. The van der Waals surface area contributed by atoms with Gasteiger partial charge in [-0.3, -0.25) is 4.79 Å². The second-order valence-corrected chi connectivity index (χ2v) is 8.63. The number of hydrogen-bond donors (Lipinski definition) is 2. The summed E-state index contributed by atoms with van der Waals surface area (Å²) in [5.41, 5.74) is 3.61. The van der Waals surface area contributed by atoms with Gasteiger partial charge in [-0.05, 0) is 63.7 Å². The van der Waals surface area contributed by atoms with Crippen molar-refractivity contribution in [2.75, 3.05) is 45.1 Å². The number of halogens is 1. The van der Waals surface area contributed by atoms with Gasteiger partial charge in [-0.15, -0.1) is 0 Å². The lowest BCUT2D eigenvalue weighted by atomic mass is 10.0. The number of carbonyl (C=O) groups excluding carboxylic acids is 1. The van der Waals surface area contributed by atoms with Gasteiger partial charge in [0.1, 0.15) is 5.82 Å². The van der Waals surface area contributed by atoms with Gasteiger partial charge in [-0.2, -0.15) is 0 Å². The van der Waals surface area contributed by atoms with Crippen LogP contribution in [-0.4, -0.2) is 71.1 Å². The van der Waals surface area contributed by atoms with E-state index in [4.69, 9.17) is 0 Å². The molecule has 2 N–H and O–H groups in total. The molecule has 8 heteroatoms. The van der Waals surface area contributed by atoms with Crippen LogP contribution in [0.5, 0.6) is 0 Å². The topological polar surface area (TPSA) is 77.8 Å². The number of hydrogen-bond acceptors (Lipinski definition) is 4. The van der Waals surface area contributed by atoms with Crippen LogP contribution in [-0.2, 0) is 11.3 Å². The SMILES string of the molecule is Cc1c(C(=O)O)c(C)n(CCCN2CCN(C)CC2)c1/C=C1\C(=O)Nc2ccc(F)cc21. The van der Waals surface area contributed by atoms with Gasteiger partial charge in [-0.1, -0.05) is 0 Å². The first kappa shape index (κ1) is 22.2. The van der Waals surface area contributed by atoms with Gasteiger partial charge in [0, 0.05) is 55.4 Å². The molecule has 0 atom stereocenters. The first-order valence-corrected chi connectivity index (χ1v) is 10.9. The Kier molecular flexibility index (Phi) is 6.17. The number of carboxylic acids is 1. The molecule has 7 nitrogen and oxygen atoms in total. The smallest absolute Gasteiger partial charge is 0.337 e. The second kappa shape index (κ2) is 8.88. The van der Waals surface area contributed by atoms with Gasteiger partial charge in [0.25, 0.3) is 5.91 Å². The molecular formula is C24H29FN4O3. The molecule has 1 amide bonds. The van der Waals surface area contributed by atoms with Crippen LogP contribution in [0.3, 0.4) is 0 Å². The summed E-state index contributed by atoms with van der Waals surface area (Å²) in [6, 6.07) is 4.18. The monoisotopic (exact) mass is 440 g/mol. The molecule has 0 bridgehead atoms. The van der Waals surface area contributed by atoms with Crippen molar-refractivity contribution in [1.82, 2.24) is 14.4 Å². The third-order valence-corrected chi connectivity index (χ3v) is 6.53. The Morgan fingerprint density at radius 3 is 2.59 bits per heavy atom. The van der Waals surface area contributed by atoms with Crippen LogP contribution < -0.4 is 5.32 Å². The van der Waals surface area contributed by atoms with E-state index in [1.807, 2.05) is 4.57 Å². The minimum Gasteiger partial charge on any atom is -0.478 e. The van der Waals surface area contributed by atoms with Crippen molar-refractivity contribution in [2.45, 2.75) is 26.8 Å². The van der Waals surface area contributed by atoms with Crippen LogP contribution in [0.4, 0.5) is 10.1 Å². The van der Waals surface area contributed by atoms with Crippen molar-refractivity contribution in [3.63, 3.8) is 0 Å². The Balaban J connectivity index is 1.65. The normalized spacial score (nSPS) is 18.2. The zero-order chi connectivity index (χ0) is 23.0. The molecule has 0 radical (unpaired) electrons. The summed E-state index contributed by atoms with van der Waals surface area (Å²) < 4.78 is 15.8. The highest BCUT2D eigenvalue weighted by molar-refractivity contribution is 6.34. The minimum absolute atomic E-state index is 0.259. The van der Waals surface area contributed by atoms with Gasteiger partial charge < -0.3 is 24.8 Å². The van der Waals surface area contributed by atoms with Crippen LogP contribution in [0, 0.1) is 19.7 Å². The number of nitrogens with zero attached hydrogens (tertiary/aromatic N) is 3. The quantitative estimate of drug-likeness (QED) is 0.675. The summed E-state index contributed by atoms with van der Waals surface area (Å²) in [6.45, 7) is 9.29. The molecule has 0 unspecified atom stereocenters. The van der Waals surface area contributed by atoms with E-state index in [1.165, 1.54) is 12.1 Å². The molecule has 3 heterocycles. The fourth-order valence-corrected chi connectivity index (χ4v) is 4.67. The third kappa shape index (κ3) is 4.20. The van der Waals surface area contributed by atoms with Crippen molar-refractivity contribution in [1.29, 1.82) is 0 Å². The first-order valence-electron chi connectivity index (χ1n) is 10.9. The van der Waals surface area contributed by atoms with E-state index in [-0.39, 0.29) is 11.5 Å². The number of benzene rings is 1. The van der Waals surface area contributed by atoms with E-state index in [0.29, 0.717) is 40.3 Å². The van der Waals surface area contributed by atoms with E-state index in [9.17, 15) is 19.1 Å². The molecule has 2 aliphatic rings. The number of nitrogens with one attached hydrogen (secondary N) is 1. The molecule has 1 saturated heterocycles. The van der Waals surface area contributed by atoms with Crippen LogP contribution in [0.1, 0.15) is 39.3 Å². The van der Waals surface area contributed by atoms with Crippen molar-refractivity contribution in [3.05, 3.63) is 52.1 Å². The lowest BCUT2D eigenvalue weighted by Crippen LogP contribution is -2.44. The Labute approximate surface area is 187 Å². The van der Waals surface area contributed by atoms with Gasteiger partial charge in [-0.25, -0.2) is 9.18 Å². The van der Waals surface area contributed by atoms with Crippen molar-refractivity contribution in [2.24, 2.45) is 0 Å². The van der Waals surface area contributed by atoms with Crippen LogP contribution in [0.25, 0.3) is 11.6 Å². The Hall–Kier alpha value is -2.97. The van der Waals surface area contributed by atoms with Crippen LogP contribution in [0.15, 0.2) is 18.2 Å². The molecule has 1 aromatic heterocycles. The summed E-state index contributed by atoms with van der Waals surface area (Å²) in [5, 5.41) is 12.5. The number of piperazine rings is 1. The lowest BCUT2D eigenvalue weighted by molar-refractivity contribution is -0.110. The van der Waals surface area contributed by atoms with E-state index in [1.54, 1.807) is 26.0 Å². The fraction of sp³-hybridized carbons (Fsp3) is 0.417. The maximum Gasteiger partial charge on any atom is 0.337 e. The highest BCUT2D eigenvalue weighted by Gasteiger charge is 2.27. The third-order valence-electron chi connectivity index (χ3n) is 6.53. The van der Waals surface area contributed by atoms with E-state index in [2.05, 4.69) is 22.2 Å². The summed E-state index contributed by atoms with van der Waals surface area (Å²) in [5.74, 6) is -1.72. The van der Waals surface area contributed by atoms with Crippen molar-refractivity contribution in [3.8, 4) is 0 Å². The van der Waals surface area contributed by atoms with Gasteiger partial charge in [0.2, 0.25) is 0 Å². The number of likely N-dealkylation sites (N-methyl/N-ethyl adjacent to an activating group) is 1. The maximum atomic E-state index is 13.8. The number of aromatic nitrogens is 1. The Morgan fingerprint density at radius 1 is 1.19 bits per heavy atom. The number of amides is 1. The molecule has 4 rings (SSSR count). The lowest BCUT2D eigenvalue weighted by Gasteiger charge is -2.32. The number of rotatable bonds is 6. The first-order chi connectivity index (χ1) is 15.3. The zero-order valence-corrected chi connectivity index (χ0v) is 18.7. The molecule has 170 valence electrons. The highest BCUT2D eigenvalue weighted by Crippen LogP contribution is 2.35. The molecule has 32 heavy (non-hydrogen) atoms. The van der Waals surface area contributed by atoms with Gasteiger partial charge in [0.05, 0.1) is 11.1 Å². The van der Waals surface area contributed by atoms with Gasteiger partial charge >= 0.3 is 5.97 Å². The predicted octanol–water partition coefficient (Wildman–Crippen LogP) is 3.07. The highest BCUT2D eigenvalue weighted by atomic mass is 19.1. The summed E-state index contributed by atoms with van der Waals surface area (Å²) in [6.07, 6.45) is 2.57. The molecule has 0 spiro atoms. The van der Waals surface area contributed by atoms with Crippen molar-refractivity contribution < 1.29 is 19.1 Å². The van der Waals surface area contributed by atoms with Crippen LogP contribution in [0.2, 0.25) is 0 Å². The summed E-state index contributed by atoms with van der Waals surface area (Å²) >= 11 is 0. The minimum atomic E-state index is -0.986. The number of anilines is 1. The zero-order valence-electron chi connectivity index (χ0n) is 18.7. The maximum absolute atomic E-state index is 13.8. The second-order valence-electron chi connectivity index (χ2n) is 8.63. The molecular weight excluding hydrogens is 411 g/mol. The van der Waals surface area contributed by atoms with E-state index < -0.39 is 11.8 Å². The van der Waals surface area contributed by atoms with Crippen LogP contribution >= 0.6 is 0 Å². The standard InChI is InChI=1S/C24H29FN4O3/c1-15-21(14-19-18-13-17(25)5-6-20(18)26-23(19)30)29(16(2)22(15)24(31)32)8-4-7-28-11-9-27(3)10-12-28/h5-6,13-14H,4,7-12H2,1-3H3,(H,26,30)(H,31,32)/b19-14-. The number of fused-ring (bicyclic) bond motifs is 1. The Morgan fingerprint density at radius 2 is 1.91 bits per heavy atom. The molecule has 0 saturated carbocycles. The average molecular weight is 441 g/mol. The van der Waals surface area contributed by atoms with Gasteiger partial charge in [0.15, 0.2) is 0 Å². The molecule has 1 aromatic carbocycles. The number of carbonyl (C=O) groups is 2. The molecule has 0 aliphatic carbocycles. The van der Waals surface area contributed by atoms with Crippen molar-refractivity contribution >= 4 is 29.2 Å². The Bertz CT molecular complexity index is 1100. The molecule has 2 aliphatic heterocycles.